The number of amides is 1. The normalized spacial score (nSPS) is 31.6. The predicted molar refractivity (Wildman–Crippen MR) is 66.3 cm³/mol. The molecule has 4 heteroatoms. The molecule has 0 heterocycles. The van der Waals surface area contributed by atoms with E-state index >= 15 is 0 Å². The van der Waals surface area contributed by atoms with Gasteiger partial charge in [-0.15, -0.1) is 0 Å². The first-order valence-corrected chi connectivity index (χ1v) is 6.84. The molecule has 2 atom stereocenters. The number of nitrogens with one attached hydrogen (secondary N) is 1. The van der Waals surface area contributed by atoms with Crippen LogP contribution in [0.1, 0.15) is 44.9 Å². The van der Waals surface area contributed by atoms with Crippen molar-refractivity contribution in [3.8, 4) is 0 Å². The SMILES string of the molecule is NC1(C(=O)NCC2CCCCC2CO)CCC1. The summed E-state index contributed by atoms with van der Waals surface area (Å²) < 4.78 is 0. The maximum atomic E-state index is 11.9. The fourth-order valence-electron chi connectivity index (χ4n) is 2.98. The molecule has 17 heavy (non-hydrogen) atoms. The summed E-state index contributed by atoms with van der Waals surface area (Å²) in [5.74, 6) is 0.798. The summed E-state index contributed by atoms with van der Waals surface area (Å²) in [5.41, 5.74) is 5.37. The van der Waals surface area contributed by atoms with Crippen molar-refractivity contribution in [1.82, 2.24) is 5.32 Å². The number of hydrogen-bond donors (Lipinski definition) is 3. The highest BCUT2D eigenvalue weighted by atomic mass is 16.3. The molecule has 0 aromatic rings. The molecule has 2 aliphatic rings. The van der Waals surface area contributed by atoms with Gasteiger partial charge in [0.25, 0.3) is 0 Å². The maximum Gasteiger partial charge on any atom is 0.240 e. The number of rotatable bonds is 4. The summed E-state index contributed by atoms with van der Waals surface area (Å²) in [4.78, 5) is 11.9. The first kappa shape index (κ1) is 12.8. The predicted octanol–water partition coefficient (Wildman–Crippen LogP) is 0.783. The second kappa shape index (κ2) is 5.36. The second-order valence-corrected chi connectivity index (χ2v) is 5.71. The van der Waals surface area contributed by atoms with Gasteiger partial charge in [-0.1, -0.05) is 12.8 Å². The van der Waals surface area contributed by atoms with E-state index in [1.165, 1.54) is 12.8 Å². The zero-order chi connectivity index (χ0) is 12.3. The lowest BCUT2D eigenvalue weighted by Gasteiger charge is -2.37. The molecule has 0 aromatic heterocycles. The Kier molecular flexibility index (Phi) is 4.05. The Labute approximate surface area is 103 Å². The first-order valence-electron chi connectivity index (χ1n) is 6.84. The zero-order valence-corrected chi connectivity index (χ0v) is 10.5. The van der Waals surface area contributed by atoms with E-state index in [9.17, 15) is 9.90 Å². The van der Waals surface area contributed by atoms with Gasteiger partial charge >= 0.3 is 0 Å². The number of carbonyl (C=O) groups is 1. The van der Waals surface area contributed by atoms with Gasteiger partial charge in [0.05, 0.1) is 5.54 Å². The van der Waals surface area contributed by atoms with Gasteiger partial charge in [-0.3, -0.25) is 4.79 Å². The summed E-state index contributed by atoms with van der Waals surface area (Å²) >= 11 is 0. The smallest absolute Gasteiger partial charge is 0.240 e. The Balaban J connectivity index is 1.78. The van der Waals surface area contributed by atoms with Crippen LogP contribution in [0.25, 0.3) is 0 Å². The van der Waals surface area contributed by atoms with Crippen LogP contribution in [-0.2, 0) is 4.79 Å². The van der Waals surface area contributed by atoms with Crippen LogP contribution in [-0.4, -0.2) is 29.7 Å². The quantitative estimate of drug-likeness (QED) is 0.680. The van der Waals surface area contributed by atoms with Crippen molar-refractivity contribution < 1.29 is 9.90 Å². The number of nitrogens with two attached hydrogens (primary N) is 1. The average molecular weight is 240 g/mol. The molecule has 2 saturated carbocycles. The summed E-state index contributed by atoms with van der Waals surface area (Å²) in [6, 6.07) is 0. The second-order valence-electron chi connectivity index (χ2n) is 5.71. The Morgan fingerprint density at radius 1 is 1.24 bits per heavy atom. The third-order valence-corrected chi connectivity index (χ3v) is 4.52. The van der Waals surface area contributed by atoms with Crippen molar-refractivity contribution in [3.05, 3.63) is 0 Å². The lowest BCUT2D eigenvalue weighted by molar-refractivity contribution is -0.129. The van der Waals surface area contributed by atoms with E-state index in [2.05, 4.69) is 5.32 Å². The van der Waals surface area contributed by atoms with Gasteiger partial charge < -0.3 is 16.2 Å². The van der Waals surface area contributed by atoms with Crippen LogP contribution in [0.3, 0.4) is 0 Å². The van der Waals surface area contributed by atoms with Crippen molar-refractivity contribution in [2.75, 3.05) is 13.2 Å². The Bertz CT molecular complexity index is 277. The largest absolute Gasteiger partial charge is 0.396 e. The Morgan fingerprint density at radius 2 is 1.88 bits per heavy atom. The molecule has 2 aliphatic carbocycles. The van der Waals surface area contributed by atoms with E-state index in [0.717, 1.165) is 32.1 Å². The van der Waals surface area contributed by atoms with Gasteiger partial charge in [0, 0.05) is 13.2 Å². The first-order chi connectivity index (χ1) is 8.15. The Morgan fingerprint density at radius 3 is 2.41 bits per heavy atom. The van der Waals surface area contributed by atoms with Gasteiger partial charge in [0.2, 0.25) is 5.91 Å². The summed E-state index contributed by atoms with van der Waals surface area (Å²) in [6.07, 6.45) is 7.31. The fraction of sp³-hybridized carbons (Fsp3) is 0.923. The Hall–Kier alpha value is -0.610. The lowest BCUT2D eigenvalue weighted by atomic mass is 9.76. The highest BCUT2D eigenvalue weighted by molar-refractivity contribution is 5.86. The van der Waals surface area contributed by atoms with Gasteiger partial charge in [0.15, 0.2) is 0 Å². The van der Waals surface area contributed by atoms with E-state index in [4.69, 9.17) is 5.73 Å². The molecular formula is C13H24N2O2. The minimum Gasteiger partial charge on any atom is -0.396 e. The van der Waals surface area contributed by atoms with Crippen LogP contribution in [0.15, 0.2) is 0 Å². The minimum absolute atomic E-state index is 0.00557. The molecule has 0 aromatic carbocycles. The van der Waals surface area contributed by atoms with Crippen LogP contribution in [0, 0.1) is 11.8 Å². The van der Waals surface area contributed by atoms with Gasteiger partial charge in [-0.25, -0.2) is 0 Å². The van der Waals surface area contributed by atoms with Crippen LogP contribution >= 0.6 is 0 Å². The van der Waals surface area contributed by atoms with E-state index < -0.39 is 5.54 Å². The topological polar surface area (TPSA) is 75.4 Å². The fourth-order valence-corrected chi connectivity index (χ4v) is 2.98. The molecule has 0 bridgehead atoms. The molecule has 98 valence electrons. The van der Waals surface area contributed by atoms with Crippen LogP contribution < -0.4 is 11.1 Å². The van der Waals surface area contributed by atoms with Crippen molar-refractivity contribution in [3.63, 3.8) is 0 Å². The standard InChI is InChI=1S/C13H24N2O2/c14-13(6-3-7-13)12(17)15-8-10-4-1-2-5-11(10)9-16/h10-11,16H,1-9,14H2,(H,15,17). The summed E-state index contributed by atoms with van der Waals surface area (Å²) in [6.45, 7) is 0.928. The molecule has 0 spiro atoms. The van der Waals surface area contributed by atoms with Crippen LogP contribution in [0.2, 0.25) is 0 Å². The summed E-state index contributed by atoms with van der Waals surface area (Å²) in [7, 11) is 0. The molecule has 4 N–H and O–H groups in total. The minimum atomic E-state index is -0.594. The highest BCUT2D eigenvalue weighted by Crippen LogP contribution is 2.31. The number of carbonyl (C=O) groups excluding carboxylic acids is 1. The molecule has 0 saturated heterocycles. The van der Waals surface area contributed by atoms with Crippen molar-refractivity contribution in [2.24, 2.45) is 17.6 Å². The molecular weight excluding hydrogens is 216 g/mol. The zero-order valence-electron chi connectivity index (χ0n) is 10.5. The molecule has 4 nitrogen and oxygen atoms in total. The molecule has 2 rings (SSSR count). The van der Waals surface area contributed by atoms with Gasteiger partial charge in [-0.05, 0) is 43.9 Å². The lowest BCUT2D eigenvalue weighted by Crippen LogP contribution is -2.59. The van der Waals surface area contributed by atoms with E-state index in [1.807, 2.05) is 0 Å². The molecule has 0 aliphatic heterocycles. The molecule has 1 amide bonds. The highest BCUT2D eigenvalue weighted by Gasteiger charge is 2.40. The van der Waals surface area contributed by atoms with Gasteiger partial charge in [-0.2, -0.15) is 0 Å². The molecule has 0 radical (unpaired) electrons. The van der Waals surface area contributed by atoms with E-state index in [1.54, 1.807) is 0 Å². The van der Waals surface area contributed by atoms with Crippen LogP contribution in [0.5, 0.6) is 0 Å². The molecule has 2 fully saturated rings. The van der Waals surface area contributed by atoms with Crippen LogP contribution in [0.4, 0.5) is 0 Å². The summed E-state index contributed by atoms with van der Waals surface area (Å²) in [5, 5.41) is 12.3. The third-order valence-electron chi connectivity index (χ3n) is 4.52. The number of aliphatic hydroxyl groups is 1. The molecule has 2 unspecified atom stereocenters. The average Bonchev–Trinajstić information content (AvgIpc) is 2.33. The van der Waals surface area contributed by atoms with Gasteiger partial charge in [0.1, 0.15) is 0 Å². The van der Waals surface area contributed by atoms with E-state index in [-0.39, 0.29) is 12.5 Å². The monoisotopic (exact) mass is 240 g/mol. The maximum absolute atomic E-state index is 11.9. The number of aliphatic hydroxyl groups excluding tert-OH is 1. The third kappa shape index (κ3) is 2.80. The van der Waals surface area contributed by atoms with Crippen molar-refractivity contribution in [1.29, 1.82) is 0 Å². The number of hydrogen-bond acceptors (Lipinski definition) is 3. The van der Waals surface area contributed by atoms with Crippen molar-refractivity contribution >= 4 is 5.91 Å². The van der Waals surface area contributed by atoms with E-state index in [0.29, 0.717) is 18.4 Å². The van der Waals surface area contributed by atoms with Crippen molar-refractivity contribution in [2.45, 2.75) is 50.5 Å².